The van der Waals surface area contributed by atoms with Crippen LogP contribution < -0.4 is 19.9 Å². The van der Waals surface area contributed by atoms with Crippen LogP contribution in [0.5, 0.6) is 17.2 Å². The number of aryl methyl sites for hydroxylation is 1. The highest BCUT2D eigenvalue weighted by Gasteiger charge is 2.20. The molecule has 112 valence electrons. The Labute approximate surface area is 125 Å². The van der Waals surface area contributed by atoms with E-state index < -0.39 is 0 Å². The van der Waals surface area contributed by atoms with Crippen LogP contribution in [-0.4, -0.2) is 21.3 Å². The fourth-order valence-corrected chi connectivity index (χ4v) is 2.42. The molecule has 0 aliphatic heterocycles. The second-order valence-corrected chi connectivity index (χ2v) is 4.81. The number of para-hydroxylation sites is 1. The van der Waals surface area contributed by atoms with E-state index in [1.165, 1.54) is 0 Å². The molecule has 21 heavy (non-hydrogen) atoms. The quantitative estimate of drug-likeness (QED) is 0.918. The van der Waals surface area contributed by atoms with Crippen LogP contribution in [0.2, 0.25) is 0 Å². The highest BCUT2D eigenvalue weighted by molar-refractivity contribution is 5.53. The lowest BCUT2D eigenvalue weighted by atomic mass is 9.96. The lowest BCUT2D eigenvalue weighted by molar-refractivity contribution is 0.350. The second-order valence-electron chi connectivity index (χ2n) is 4.81. The summed E-state index contributed by atoms with van der Waals surface area (Å²) in [5.41, 5.74) is 9.36. The van der Waals surface area contributed by atoms with Crippen LogP contribution in [0.15, 0.2) is 36.4 Å². The zero-order valence-corrected chi connectivity index (χ0v) is 12.8. The van der Waals surface area contributed by atoms with Gasteiger partial charge < -0.3 is 19.9 Å². The van der Waals surface area contributed by atoms with Gasteiger partial charge in [-0.05, 0) is 19.1 Å². The molecule has 0 saturated heterocycles. The molecule has 0 aliphatic rings. The van der Waals surface area contributed by atoms with E-state index in [1.807, 2.05) is 43.3 Å². The summed E-state index contributed by atoms with van der Waals surface area (Å²) in [6, 6.07) is 11.3. The topological polar surface area (TPSA) is 53.7 Å². The van der Waals surface area contributed by atoms with Crippen molar-refractivity contribution >= 4 is 0 Å². The lowest BCUT2D eigenvalue weighted by Crippen LogP contribution is -2.15. The van der Waals surface area contributed by atoms with Gasteiger partial charge in [0.05, 0.1) is 27.4 Å². The molecule has 0 bridgehead atoms. The third-order valence-corrected chi connectivity index (χ3v) is 3.49. The maximum absolute atomic E-state index is 6.45. The van der Waals surface area contributed by atoms with Gasteiger partial charge in [0.2, 0.25) is 0 Å². The fraction of sp³-hybridized carbons (Fsp3) is 0.294. The molecule has 1 unspecified atom stereocenters. The van der Waals surface area contributed by atoms with Crippen LogP contribution in [0.4, 0.5) is 0 Å². The first-order valence-corrected chi connectivity index (χ1v) is 6.73. The number of nitrogens with two attached hydrogens (primary N) is 1. The van der Waals surface area contributed by atoms with E-state index >= 15 is 0 Å². The number of benzene rings is 2. The molecule has 1 atom stereocenters. The van der Waals surface area contributed by atoms with E-state index in [0.29, 0.717) is 11.5 Å². The third-order valence-electron chi connectivity index (χ3n) is 3.49. The normalized spacial score (nSPS) is 11.9. The highest BCUT2D eigenvalue weighted by atomic mass is 16.5. The van der Waals surface area contributed by atoms with Crippen molar-refractivity contribution in [3.63, 3.8) is 0 Å². The second kappa shape index (κ2) is 6.50. The number of methoxy groups -OCH3 is 3. The Bertz CT molecular complexity index is 625. The lowest BCUT2D eigenvalue weighted by Gasteiger charge is -2.20. The van der Waals surface area contributed by atoms with Crippen LogP contribution >= 0.6 is 0 Å². The average Bonchev–Trinajstić information content (AvgIpc) is 2.53. The summed E-state index contributed by atoms with van der Waals surface area (Å²) in [5, 5.41) is 0. The maximum Gasteiger partial charge on any atom is 0.165 e. The van der Waals surface area contributed by atoms with Crippen molar-refractivity contribution in [2.24, 2.45) is 5.73 Å². The van der Waals surface area contributed by atoms with Crippen LogP contribution in [0, 0.1) is 6.92 Å². The molecule has 4 nitrogen and oxygen atoms in total. The molecule has 2 rings (SSSR count). The van der Waals surface area contributed by atoms with Gasteiger partial charge in [-0.1, -0.05) is 29.8 Å². The van der Waals surface area contributed by atoms with Gasteiger partial charge in [-0.2, -0.15) is 0 Å². The molecule has 2 aromatic rings. The Morgan fingerprint density at radius 2 is 1.57 bits per heavy atom. The van der Waals surface area contributed by atoms with Crippen molar-refractivity contribution in [3.05, 3.63) is 53.1 Å². The van der Waals surface area contributed by atoms with Crippen LogP contribution in [-0.2, 0) is 0 Å². The van der Waals surface area contributed by atoms with Gasteiger partial charge in [0.15, 0.2) is 11.5 Å². The predicted octanol–water partition coefficient (Wildman–Crippen LogP) is 3.07. The molecular formula is C17H21NO3. The van der Waals surface area contributed by atoms with E-state index in [-0.39, 0.29) is 6.04 Å². The first-order chi connectivity index (χ1) is 10.1. The number of hydrogen-bond acceptors (Lipinski definition) is 4. The Hall–Kier alpha value is -2.20. The average molecular weight is 287 g/mol. The minimum atomic E-state index is -0.357. The fourth-order valence-electron chi connectivity index (χ4n) is 2.42. The Morgan fingerprint density at radius 3 is 2.19 bits per heavy atom. The molecule has 0 amide bonds. The molecule has 2 aromatic carbocycles. The van der Waals surface area contributed by atoms with Gasteiger partial charge >= 0.3 is 0 Å². The van der Waals surface area contributed by atoms with Crippen LogP contribution in [0.3, 0.4) is 0 Å². The van der Waals surface area contributed by atoms with Crippen molar-refractivity contribution in [1.82, 2.24) is 0 Å². The zero-order valence-electron chi connectivity index (χ0n) is 12.8. The number of ether oxygens (including phenoxy) is 3. The van der Waals surface area contributed by atoms with Gasteiger partial charge in [-0.3, -0.25) is 0 Å². The minimum Gasteiger partial charge on any atom is -0.496 e. The SMILES string of the molecule is COc1ccc(C)cc1C(N)c1cccc(OC)c1OC. The Kier molecular flexibility index (Phi) is 4.70. The van der Waals surface area contributed by atoms with Crippen LogP contribution in [0.25, 0.3) is 0 Å². The highest BCUT2D eigenvalue weighted by Crippen LogP contribution is 2.38. The monoisotopic (exact) mass is 287 g/mol. The number of rotatable bonds is 5. The number of hydrogen-bond donors (Lipinski definition) is 1. The molecule has 0 spiro atoms. The van der Waals surface area contributed by atoms with Gasteiger partial charge in [0.25, 0.3) is 0 Å². The summed E-state index contributed by atoms with van der Waals surface area (Å²) in [6.07, 6.45) is 0. The van der Waals surface area contributed by atoms with E-state index in [1.54, 1.807) is 21.3 Å². The molecule has 0 aliphatic carbocycles. The van der Waals surface area contributed by atoms with E-state index in [0.717, 1.165) is 22.4 Å². The predicted molar refractivity (Wildman–Crippen MR) is 83.3 cm³/mol. The smallest absolute Gasteiger partial charge is 0.165 e. The Balaban J connectivity index is 2.54. The Morgan fingerprint density at radius 1 is 0.857 bits per heavy atom. The van der Waals surface area contributed by atoms with E-state index in [4.69, 9.17) is 19.9 Å². The van der Waals surface area contributed by atoms with Crippen molar-refractivity contribution in [1.29, 1.82) is 0 Å². The molecule has 4 heteroatoms. The summed E-state index contributed by atoms with van der Waals surface area (Å²) in [6.45, 7) is 2.03. The molecule has 0 aromatic heterocycles. The van der Waals surface area contributed by atoms with Crippen molar-refractivity contribution in [3.8, 4) is 17.2 Å². The molecule has 0 saturated carbocycles. The third kappa shape index (κ3) is 2.95. The summed E-state index contributed by atoms with van der Waals surface area (Å²) in [7, 11) is 4.87. The largest absolute Gasteiger partial charge is 0.496 e. The van der Waals surface area contributed by atoms with E-state index in [2.05, 4.69) is 0 Å². The summed E-state index contributed by atoms with van der Waals surface area (Å²) < 4.78 is 16.2. The first kappa shape index (κ1) is 15.2. The zero-order chi connectivity index (χ0) is 15.4. The minimum absolute atomic E-state index is 0.357. The van der Waals surface area contributed by atoms with Crippen LogP contribution in [0.1, 0.15) is 22.7 Å². The van der Waals surface area contributed by atoms with Gasteiger partial charge in [0, 0.05) is 11.1 Å². The first-order valence-electron chi connectivity index (χ1n) is 6.73. The van der Waals surface area contributed by atoms with Crippen molar-refractivity contribution in [2.45, 2.75) is 13.0 Å². The molecule has 0 radical (unpaired) electrons. The molecule has 0 heterocycles. The summed E-state index contributed by atoms with van der Waals surface area (Å²) >= 11 is 0. The summed E-state index contributed by atoms with van der Waals surface area (Å²) in [4.78, 5) is 0. The maximum atomic E-state index is 6.45. The van der Waals surface area contributed by atoms with E-state index in [9.17, 15) is 0 Å². The van der Waals surface area contributed by atoms with Gasteiger partial charge in [-0.15, -0.1) is 0 Å². The molecular weight excluding hydrogens is 266 g/mol. The van der Waals surface area contributed by atoms with Gasteiger partial charge in [-0.25, -0.2) is 0 Å². The standard InChI is InChI=1S/C17H21NO3/c1-11-8-9-14(19-2)13(10-11)16(18)12-6-5-7-15(20-3)17(12)21-4/h5-10,16H,18H2,1-4H3. The van der Waals surface area contributed by atoms with Gasteiger partial charge in [0.1, 0.15) is 5.75 Å². The summed E-state index contributed by atoms with van der Waals surface area (Å²) in [5.74, 6) is 2.08. The van der Waals surface area contributed by atoms with Crippen molar-refractivity contribution < 1.29 is 14.2 Å². The molecule has 0 fully saturated rings. The molecule has 2 N–H and O–H groups in total. The van der Waals surface area contributed by atoms with Crippen molar-refractivity contribution in [2.75, 3.05) is 21.3 Å².